The lowest BCUT2D eigenvalue weighted by Crippen LogP contribution is -2.33. The normalized spacial score (nSPS) is 9.11. The van der Waals surface area contributed by atoms with Crippen molar-refractivity contribution in [2.45, 2.75) is 0 Å². The topological polar surface area (TPSA) is 84.9 Å². The van der Waals surface area contributed by atoms with Crippen LogP contribution in [0, 0.1) is 0 Å². The lowest BCUT2D eigenvalue weighted by Gasteiger charge is -2.14. The van der Waals surface area contributed by atoms with Gasteiger partial charge in [-0.05, 0) is 6.08 Å². The summed E-state index contributed by atoms with van der Waals surface area (Å²) >= 11 is 0. The molecule has 0 atom stereocenters. The number of nitrogens with zero attached hydrogens (tertiary/aromatic N) is 1. The molecule has 19 heavy (non-hydrogen) atoms. The van der Waals surface area contributed by atoms with Gasteiger partial charge >= 0.3 is 12.1 Å². The van der Waals surface area contributed by atoms with Crippen LogP contribution in [0.3, 0.4) is 0 Å². The zero-order valence-corrected chi connectivity index (χ0v) is 10.9. The van der Waals surface area contributed by atoms with E-state index in [9.17, 15) is 14.4 Å². The van der Waals surface area contributed by atoms with Gasteiger partial charge in [0.1, 0.15) is 13.2 Å². The molecule has 2 amide bonds. The Kier molecular flexibility index (Phi) is 8.51. The largest absolute Gasteiger partial charge is 0.461 e. The van der Waals surface area contributed by atoms with Crippen LogP contribution in [0.25, 0.3) is 0 Å². The Labute approximate surface area is 111 Å². The number of hydrogen-bond donors (Lipinski definition) is 1. The SMILES string of the molecule is C=CC(=O)OCCNC(=O)OCCN(C)C(=O)C=C. The summed E-state index contributed by atoms with van der Waals surface area (Å²) < 4.78 is 9.44. The number of rotatable bonds is 8. The van der Waals surface area contributed by atoms with Gasteiger partial charge in [0.15, 0.2) is 0 Å². The number of amides is 2. The second kappa shape index (κ2) is 9.69. The molecule has 106 valence electrons. The van der Waals surface area contributed by atoms with Gasteiger partial charge in [0.25, 0.3) is 0 Å². The summed E-state index contributed by atoms with van der Waals surface area (Å²) in [5, 5.41) is 2.38. The molecule has 0 radical (unpaired) electrons. The summed E-state index contributed by atoms with van der Waals surface area (Å²) in [7, 11) is 1.57. The molecule has 0 rings (SSSR count). The molecule has 0 aromatic heterocycles. The van der Waals surface area contributed by atoms with Crippen LogP contribution in [0.5, 0.6) is 0 Å². The Balaban J connectivity index is 3.60. The highest BCUT2D eigenvalue weighted by Gasteiger charge is 2.06. The molecular weight excluding hydrogens is 252 g/mol. The summed E-state index contributed by atoms with van der Waals surface area (Å²) in [4.78, 5) is 34.3. The number of likely N-dealkylation sites (N-methyl/N-ethyl adjacent to an activating group) is 1. The Bertz CT molecular complexity index is 354. The average molecular weight is 270 g/mol. The van der Waals surface area contributed by atoms with E-state index >= 15 is 0 Å². The van der Waals surface area contributed by atoms with Crippen LogP contribution in [0.1, 0.15) is 0 Å². The van der Waals surface area contributed by atoms with Gasteiger partial charge in [-0.1, -0.05) is 13.2 Å². The van der Waals surface area contributed by atoms with E-state index in [0.29, 0.717) is 0 Å². The van der Waals surface area contributed by atoms with Crippen LogP contribution in [0.15, 0.2) is 25.3 Å². The van der Waals surface area contributed by atoms with Crippen LogP contribution in [-0.4, -0.2) is 56.2 Å². The van der Waals surface area contributed by atoms with E-state index in [1.807, 2.05) is 0 Å². The van der Waals surface area contributed by atoms with Gasteiger partial charge in [-0.25, -0.2) is 9.59 Å². The molecule has 0 aliphatic carbocycles. The van der Waals surface area contributed by atoms with Crippen molar-refractivity contribution in [1.82, 2.24) is 10.2 Å². The fourth-order valence-electron chi connectivity index (χ4n) is 0.956. The Hall–Kier alpha value is -2.31. The average Bonchev–Trinajstić information content (AvgIpc) is 2.42. The van der Waals surface area contributed by atoms with Crippen LogP contribution >= 0.6 is 0 Å². The van der Waals surface area contributed by atoms with E-state index in [1.54, 1.807) is 7.05 Å². The quantitative estimate of drug-likeness (QED) is 0.384. The van der Waals surface area contributed by atoms with Gasteiger partial charge in [0, 0.05) is 13.1 Å². The van der Waals surface area contributed by atoms with Crippen molar-refractivity contribution in [2.24, 2.45) is 0 Å². The third-order valence-electron chi connectivity index (χ3n) is 1.99. The van der Waals surface area contributed by atoms with Crippen molar-refractivity contribution in [3.05, 3.63) is 25.3 Å². The predicted molar refractivity (Wildman–Crippen MR) is 68.3 cm³/mol. The van der Waals surface area contributed by atoms with Crippen molar-refractivity contribution in [3.8, 4) is 0 Å². The molecule has 0 saturated heterocycles. The van der Waals surface area contributed by atoms with E-state index in [-0.39, 0.29) is 32.2 Å². The minimum absolute atomic E-state index is 0.0365. The lowest BCUT2D eigenvalue weighted by atomic mass is 10.5. The third kappa shape index (κ3) is 8.42. The second-order valence-electron chi connectivity index (χ2n) is 3.40. The number of hydrogen-bond acceptors (Lipinski definition) is 5. The number of alkyl carbamates (subject to hydrolysis) is 1. The van der Waals surface area contributed by atoms with Crippen LogP contribution in [0.2, 0.25) is 0 Å². The Morgan fingerprint density at radius 1 is 1.16 bits per heavy atom. The molecule has 0 spiro atoms. The van der Waals surface area contributed by atoms with Gasteiger partial charge in [-0.2, -0.15) is 0 Å². The molecule has 0 bridgehead atoms. The number of carbonyl (C=O) groups is 3. The zero-order chi connectivity index (χ0) is 14.7. The highest BCUT2D eigenvalue weighted by molar-refractivity contribution is 5.86. The number of esters is 1. The molecule has 0 fully saturated rings. The maximum Gasteiger partial charge on any atom is 0.407 e. The number of carbonyl (C=O) groups excluding carboxylic acids is 3. The van der Waals surface area contributed by atoms with Crippen LogP contribution in [-0.2, 0) is 19.1 Å². The van der Waals surface area contributed by atoms with Gasteiger partial charge in [0.2, 0.25) is 5.91 Å². The number of nitrogens with one attached hydrogen (secondary N) is 1. The summed E-state index contributed by atoms with van der Waals surface area (Å²) in [5.74, 6) is -0.805. The first-order valence-electron chi connectivity index (χ1n) is 5.58. The molecular formula is C12H18N2O5. The van der Waals surface area contributed by atoms with Crippen molar-refractivity contribution in [2.75, 3.05) is 33.4 Å². The molecule has 0 aliphatic heterocycles. The first-order valence-corrected chi connectivity index (χ1v) is 5.58. The maximum atomic E-state index is 11.2. The maximum absolute atomic E-state index is 11.2. The predicted octanol–water partition coefficient (Wildman–Crippen LogP) is 0.0862. The first kappa shape index (κ1) is 16.7. The van der Waals surface area contributed by atoms with E-state index in [2.05, 4.69) is 23.2 Å². The van der Waals surface area contributed by atoms with Crippen molar-refractivity contribution < 1.29 is 23.9 Å². The molecule has 0 saturated carbocycles. The molecule has 0 aromatic carbocycles. The van der Waals surface area contributed by atoms with E-state index in [0.717, 1.165) is 6.08 Å². The third-order valence-corrected chi connectivity index (χ3v) is 1.99. The summed E-state index contributed by atoms with van der Waals surface area (Å²) in [6, 6.07) is 0. The molecule has 7 nitrogen and oxygen atoms in total. The van der Waals surface area contributed by atoms with Crippen molar-refractivity contribution >= 4 is 18.0 Å². The molecule has 0 unspecified atom stereocenters. The first-order chi connectivity index (χ1) is 9.01. The molecule has 0 heterocycles. The van der Waals surface area contributed by atoms with Gasteiger partial charge < -0.3 is 19.7 Å². The molecule has 7 heteroatoms. The highest BCUT2D eigenvalue weighted by atomic mass is 16.6. The van der Waals surface area contributed by atoms with E-state index < -0.39 is 12.1 Å². The van der Waals surface area contributed by atoms with Gasteiger partial charge in [0.05, 0.1) is 13.1 Å². The molecule has 0 aromatic rings. The van der Waals surface area contributed by atoms with E-state index in [4.69, 9.17) is 4.74 Å². The highest BCUT2D eigenvalue weighted by Crippen LogP contribution is 1.87. The molecule has 1 N–H and O–H groups in total. The van der Waals surface area contributed by atoms with Crippen LogP contribution in [0.4, 0.5) is 4.79 Å². The fraction of sp³-hybridized carbons (Fsp3) is 0.417. The van der Waals surface area contributed by atoms with Crippen LogP contribution < -0.4 is 5.32 Å². The van der Waals surface area contributed by atoms with Gasteiger partial charge in [-0.3, -0.25) is 4.79 Å². The summed E-state index contributed by atoms with van der Waals surface area (Å²) in [6.45, 7) is 7.07. The Morgan fingerprint density at radius 2 is 1.84 bits per heavy atom. The fourth-order valence-corrected chi connectivity index (χ4v) is 0.956. The number of ether oxygens (including phenoxy) is 2. The smallest absolute Gasteiger partial charge is 0.407 e. The zero-order valence-electron chi connectivity index (χ0n) is 10.9. The van der Waals surface area contributed by atoms with E-state index in [1.165, 1.54) is 11.0 Å². The molecule has 0 aliphatic rings. The standard InChI is InChI=1S/C12H18N2O5/c1-4-10(15)14(3)7-9-19-12(17)13-6-8-18-11(16)5-2/h4-5H,1-2,6-9H2,3H3,(H,13,17). The second-order valence-corrected chi connectivity index (χ2v) is 3.40. The minimum atomic E-state index is -0.644. The Morgan fingerprint density at radius 3 is 2.42 bits per heavy atom. The van der Waals surface area contributed by atoms with Crippen molar-refractivity contribution in [3.63, 3.8) is 0 Å². The summed E-state index contributed by atoms with van der Waals surface area (Å²) in [5.41, 5.74) is 0. The lowest BCUT2D eigenvalue weighted by molar-refractivity contribution is -0.137. The summed E-state index contributed by atoms with van der Waals surface area (Å²) in [6.07, 6.45) is 1.56. The minimum Gasteiger partial charge on any atom is -0.461 e. The monoisotopic (exact) mass is 270 g/mol. The van der Waals surface area contributed by atoms with Crippen molar-refractivity contribution in [1.29, 1.82) is 0 Å². The van der Waals surface area contributed by atoms with Gasteiger partial charge in [-0.15, -0.1) is 0 Å².